The van der Waals surface area contributed by atoms with Crippen molar-refractivity contribution in [3.05, 3.63) is 89.5 Å². The summed E-state index contributed by atoms with van der Waals surface area (Å²) in [5.41, 5.74) is 2.83. The minimum atomic E-state index is -0.622. The predicted molar refractivity (Wildman–Crippen MR) is 157 cm³/mol. The molecule has 0 saturated carbocycles. The van der Waals surface area contributed by atoms with Crippen molar-refractivity contribution in [2.45, 2.75) is 79.1 Å². The van der Waals surface area contributed by atoms with Crippen LogP contribution in [0.25, 0.3) is 5.57 Å². The van der Waals surface area contributed by atoms with Crippen LogP contribution in [-0.2, 0) is 19.1 Å². The van der Waals surface area contributed by atoms with E-state index >= 15 is 0 Å². The van der Waals surface area contributed by atoms with E-state index in [9.17, 15) is 9.59 Å². The van der Waals surface area contributed by atoms with Gasteiger partial charge in [0.2, 0.25) is 0 Å². The summed E-state index contributed by atoms with van der Waals surface area (Å²) in [5, 5.41) is 0. The molecule has 2 aromatic rings. The van der Waals surface area contributed by atoms with Crippen molar-refractivity contribution < 1.29 is 19.1 Å². The molecular formula is C34H46O4. The Labute approximate surface area is 230 Å². The van der Waals surface area contributed by atoms with E-state index in [-0.39, 0.29) is 17.4 Å². The Hall–Kier alpha value is -3.14. The molecule has 0 aliphatic carbocycles. The van der Waals surface area contributed by atoms with Crippen LogP contribution in [0.2, 0.25) is 0 Å². The zero-order chi connectivity index (χ0) is 27.6. The molecule has 0 amide bonds. The van der Waals surface area contributed by atoms with Crippen LogP contribution in [0.15, 0.2) is 78.4 Å². The number of carbonyl (C=O) groups is 2. The van der Waals surface area contributed by atoms with Crippen LogP contribution in [0.4, 0.5) is 0 Å². The molecule has 0 radical (unpaired) electrons. The third-order valence-corrected chi connectivity index (χ3v) is 7.01. The molecule has 4 nitrogen and oxygen atoms in total. The van der Waals surface area contributed by atoms with Crippen molar-refractivity contribution in [1.82, 2.24) is 0 Å². The zero-order valence-electron chi connectivity index (χ0n) is 23.8. The molecule has 0 spiro atoms. The highest BCUT2D eigenvalue weighted by atomic mass is 16.6. The number of hydrogen-bond acceptors (Lipinski definition) is 4. The summed E-state index contributed by atoms with van der Waals surface area (Å²) in [6.45, 7) is 9.14. The first-order valence-corrected chi connectivity index (χ1v) is 14.4. The van der Waals surface area contributed by atoms with Crippen molar-refractivity contribution in [2.75, 3.05) is 13.2 Å². The van der Waals surface area contributed by atoms with Crippen molar-refractivity contribution >= 4 is 17.5 Å². The Morgan fingerprint density at radius 1 is 0.658 bits per heavy atom. The fourth-order valence-electron chi connectivity index (χ4n) is 4.32. The number of benzene rings is 2. The number of allylic oxidation sites excluding steroid dienone is 2. The van der Waals surface area contributed by atoms with Crippen LogP contribution in [0.3, 0.4) is 0 Å². The minimum Gasteiger partial charge on any atom is -0.462 e. The average molecular weight is 519 g/mol. The minimum absolute atomic E-state index is 0.0648. The lowest BCUT2D eigenvalue weighted by atomic mass is 9.97. The quantitative estimate of drug-likeness (QED) is 0.0692. The molecule has 2 unspecified atom stereocenters. The normalized spacial score (nSPS) is 12.2. The van der Waals surface area contributed by atoms with Gasteiger partial charge in [0.25, 0.3) is 0 Å². The van der Waals surface area contributed by atoms with Gasteiger partial charge in [-0.1, -0.05) is 133 Å². The highest BCUT2D eigenvalue weighted by Gasteiger charge is 2.23. The standard InChI is InChI=1S/C34H46O4/c1-5-9-17-27(7-3)25-37-33(35)32(34(36)38-26-28(8-4)18-10-6-2)24-23-31(29-19-13-11-14-20-29)30-21-15-12-16-22-30/h11-16,19-24,27-28H,5-10,17-18,25-26H2,1-4H3. The van der Waals surface area contributed by atoms with Crippen LogP contribution in [0.5, 0.6) is 0 Å². The van der Waals surface area contributed by atoms with E-state index in [1.165, 1.54) is 0 Å². The molecular weight excluding hydrogens is 472 g/mol. The molecule has 0 bridgehead atoms. The van der Waals surface area contributed by atoms with Crippen LogP contribution in [0.1, 0.15) is 90.2 Å². The number of hydrogen-bond donors (Lipinski definition) is 0. The Morgan fingerprint density at radius 3 is 1.45 bits per heavy atom. The molecule has 0 N–H and O–H groups in total. The summed E-state index contributed by atoms with van der Waals surface area (Å²) in [6, 6.07) is 19.9. The van der Waals surface area contributed by atoms with E-state index in [2.05, 4.69) is 27.7 Å². The van der Waals surface area contributed by atoms with Gasteiger partial charge in [0.15, 0.2) is 0 Å². The first kappa shape index (κ1) is 31.1. The molecule has 206 valence electrons. The maximum absolute atomic E-state index is 13.2. The summed E-state index contributed by atoms with van der Waals surface area (Å²) in [4.78, 5) is 26.5. The zero-order valence-corrected chi connectivity index (χ0v) is 23.8. The largest absolute Gasteiger partial charge is 0.462 e. The second-order valence-electron chi connectivity index (χ2n) is 9.92. The monoisotopic (exact) mass is 518 g/mol. The van der Waals surface area contributed by atoms with E-state index in [4.69, 9.17) is 9.47 Å². The summed E-state index contributed by atoms with van der Waals surface area (Å²) >= 11 is 0. The number of ether oxygens (including phenoxy) is 2. The fourth-order valence-corrected chi connectivity index (χ4v) is 4.32. The Bertz CT molecular complexity index is 932. The van der Waals surface area contributed by atoms with Gasteiger partial charge in [0.05, 0.1) is 13.2 Å². The molecule has 2 atom stereocenters. The molecule has 38 heavy (non-hydrogen) atoms. The second-order valence-corrected chi connectivity index (χ2v) is 9.92. The van der Waals surface area contributed by atoms with E-state index < -0.39 is 11.9 Å². The van der Waals surface area contributed by atoms with Gasteiger partial charge in [-0.05, 0) is 47.5 Å². The van der Waals surface area contributed by atoms with Crippen LogP contribution < -0.4 is 0 Å². The van der Waals surface area contributed by atoms with Gasteiger partial charge in [0, 0.05) is 0 Å². The molecule has 0 aliphatic heterocycles. The van der Waals surface area contributed by atoms with Gasteiger partial charge in [-0.25, -0.2) is 9.59 Å². The van der Waals surface area contributed by atoms with Gasteiger partial charge in [-0.2, -0.15) is 0 Å². The van der Waals surface area contributed by atoms with Gasteiger partial charge in [-0.15, -0.1) is 0 Å². The molecule has 0 heterocycles. The second kappa shape index (κ2) is 18.2. The smallest absolute Gasteiger partial charge is 0.345 e. The first-order chi connectivity index (χ1) is 18.5. The van der Waals surface area contributed by atoms with Gasteiger partial charge in [0.1, 0.15) is 5.57 Å². The lowest BCUT2D eigenvalue weighted by molar-refractivity contribution is -0.148. The molecule has 4 heteroatoms. The summed E-state index contributed by atoms with van der Waals surface area (Å²) < 4.78 is 11.4. The topological polar surface area (TPSA) is 52.6 Å². The fraction of sp³-hybridized carbons (Fsp3) is 0.471. The summed E-state index contributed by atoms with van der Waals surface area (Å²) in [7, 11) is 0. The van der Waals surface area contributed by atoms with E-state index in [0.717, 1.165) is 68.1 Å². The number of esters is 2. The Balaban J connectivity index is 2.35. The number of carbonyl (C=O) groups excluding carboxylic acids is 2. The molecule has 0 aliphatic rings. The average Bonchev–Trinajstić information content (AvgIpc) is 2.96. The number of unbranched alkanes of at least 4 members (excludes halogenated alkanes) is 2. The van der Waals surface area contributed by atoms with E-state index in [0.29, 0.717) is 13.2 Å². The molecule has 0 saturated heterocycles. The van der Waals surface area contributed by atoms with Crippen molar-refractivity contribution in [3.8, 4) is 0 Å². The highest BCUT2D eigenvalue weighted by Crippen LogP contribution is 2.24. The molecule has 2 aromatic carbocycles. The lowest BCUT2D eigenvalue weighted by Gasteiger charge is -2.17. The Morgan fingerprint density at radius 2 is 1.08 bits per heavy atom. The first-order valence-electron chi connectivity index (χ1n) is 14.4. The maximum Gasteiger partial charge on any atom is 0.345 e. The van der Waals surface area contributed by atoms with Crippen LogP contribution >= 0.6 is 0 Å². The van der Waals surface area contributed by atoms with Gasteiger partial charge >= 0.3 is 11.9 Å². The number of rotatable bonds is 17. The van der Waals surface area contributed by atoms with Crippen LogP contribution in [0, 0.1) is 11.8 Å². The van der Waals surface area contributed by atoms with Gasteiger partial charge in [-0.3, -0.25) is 0 Å². The molecule has 0 aromatic heterocycles. The lowest BCUT2D eigenvalue weighted by Crippen LogP contribution is -2.23. The van der Waals surface area contributed by atoms with Crippen molar-refractivity contribution in [2.24, 2.45) is 11.8 Å². The van der Waals surface area contributed by atoms with Crippen molar-refractivity contribution in [3.63, 3.8) is 0 Å². The SMILES string of the molecule is CCCCC(CC)COC(=O)C(=CC=C(c1ccccc1)c1ccccc1)C(=O)OCC(CC)CCCC. The Kier molecular flexibility index (Phi) is 14.9. The van der Waals surface area contributed by atoms with Gasteiger partial charge < -0.3 is 9.47 Å². The van der Waals surface area contributed by atoms with Crippen molar-refractivity contribution in [1.29, 1.82) is 0 Å². The third kappa shape index (κ3) is 10.7. The van der Waals surface area contributed by atoms with E-state index in [1.54, 1.807) is 6.08 Å². The molecule has 2 rings (SSSR count). The van der Waals surface area contributed by atoms with E-state index in [1.807, 2.05) is 66.7 Å². The molecule has 0 fully saturated rings. The summed E-state index contributed by atoms with van der Waals surface area (Å²) in [5.74, 6) is -0.671. The van der Waals surface area contributed by atoms with Crippen LogP contribution in [-0.4, -0.2) is 25.2 Å². The predicted octanol–water partition coefficient (Wildman–Crippen LogP) is 8.56. The maximum atomic E-state index is 13.2. The summed E-state index contributed by atoms with van der Waals surface area (Å²) in [6.07, 6.45) is 11.7. The highest BCUT2D eigenvalue weighted by molar-refractivity contribution is 6.14. The third-order valence-electron chi connectivity index (χ3n) is 7.01.